The molecule has 1 N–H and O–H groups in total. The van der Waals surface area contributed by atoms with Crippen LogP contribution in [0.5, 0.6) is 0 Å². The van der Waals surface area contributed by atoms with E-state index in [1.54, 1.807) is 23.5 Å². The van der Waals surface area contributed by atoms with Crippen molar-refractivity contribution in [2.24, 2.45) is 0 Å². The summed E-state index contributed by atoms with van der Waals surface area (Å²) in [4.78, 5) is 23.5. The normalized spacial score (nSPS) is 10.4. The molecule has 5 nitrogen and oxygen atoms in total. The van der Waals surface area contributed by atoms with Gasteiger partial charge in [0, 0.05) is 11.8 Å². The molecular weight excluding hydrogens is 298 g/mol. The lowest BCUT2D eigenvalue weighted by Gasteiger charge is -2.07. The monoisotopic (exact) mass is 311 g/mol. The molecule has 0 aliphatic heterocycles. The van der Waals surface area contributed by atoms with Crippen LogP contribution in [-0.4, -0.2) is 16.2 Å². The Labute approximate surface area is 130 Å². The first-order valence-electron chi connectivity index (χ1n) is 6.67. The molecule has 2 aromatic heterocycles. The Hall–Kier alpha value is -2.73. The smallest absolute Gasteiger partial charge is 0.267 e. The Morgan fingerprint density at radius 1 is 1.18 bits per heavy atom. The molecule has 3 aromatic rings. The van der Waals surface area contributed by atoms with Gasteiger partial charge in [-0.15, -0.1) is 11.3 Å². The Balaban J connectivity index is 1.91. The summed E-state index contributed by atoms with van der Waals surface area (Å²) in [6.45, 7) is 0.354. The zero-order chi connectivity index (χ0) is 15.4. The predicted molar refractivity (Wildman–Crippen MR) is 87.0 cm³/mol. The Bertz CT molecular complexity index is 841. The second-order valence-corrected chi connectivity index (χ2v) is 5.60. The van der Waals surface area contributed by atoms with Gasteiger partial charge in [-0.3, -0.25) is 9.59 Å². The molecule has 0 unspecified atom stereocenters. The van der Waals surface area contributed by atoms with Gasteiger partial charge in [0.25, 0.3) is 5.56 Å². The van der Waals surface area contributed by atoms with Gasteiger partial charge in [0.1, 0.15) is 5.69 Å². The largest absolute Gasteiger partial charge is 0.329 e. The molecule has 0 atom stereocenters. The minimum Gasteiger partial charge on any atom is -0.329 e. The Kier molecular flexibility index (Phi) is 4.11. The number of nitrogens with zero attached hydrogens (tertiary/aromatic N) is 2. The number of carbonyl (C=O) groups is 1. The summed E-state index contributed by atoms with van der Waals surface area (Å²) in [5.74, 6) is 0. The van der Waals surface area contributed by atoms with Gasteiger partial charge >= 0.3 is 0 Å². The van der Waals surface area contributed by atoms with Gasteiger partial charge in [-0.25, -0.2) is 4.68 Å². The van der Waals surface area contributed by atoms with Gasteiger partial charge in [0.15, 0.2) is 0 Å². The fraction of sp³-hybridized carbons (Fsp3) is 0.0625. The quantitative estimate of drug-likeness (QED) is 0.737. The molecule has 0 saturated carbocycles. The summed E-state index contributed by atoms with van der Waals surface area (Å²) in [6.07, 6.45) is 0.626. The molecule has 0 aliphatic carbocycles. The zero-order valence-electron chi connectivity index (χ0n) is 11.6. The van der Waals surface area contributed by atoms with Gasteiger partial charge in [-0.1, -0.05) is 18.2 Å². The van der Waals surface area contributed by atoms with E-state index in [0.717, 1.165) is 16.1 Å². The second-order valence-electron chi connectivity index (χ2n) is 4.65. The number of hydrogen-bond donors (Lipinski definition) is 1. The lowest BCUT2D eigenvalue weighted by molar-refractivity contribution is -0.105. The fourth-order valence-electron chi connectivity index (χ4n) is 2.12. The number of amides is 1. The molecule has 0 saturated heterocycles. The third kappa shape index (κ3) is 3.12. The van der Waals surface area contributed by atoms with E-state index >= 15 is 0 Å². The van der Waals surface area contributed by atoms with E-state index in [1.807, 2.05) is 35.7 Å². The molecule has 0 radical (unpaired) electrons. The number of anilines is 1. The molecule has 6 heteroatoms. The molecule has 0 spiro atoms. The number of benzene rings is 1. The van der Waals surface area contributed by atoms with E-state index in [1.165, 1.54) is 10.7 Å². The zero-order valence-corrected chi connectivity index (χ0v) is 12.4. The number of thiophene rings is 1. The van der Waals surface area contributed by atoms with Crippen LogP contribution < -0.4 is 10.9 Å². The van der Waals surface area contributed by atoms with Crippen molar-refractivity contribution in [3.8, 4) is 10.6 Å². The number of carbonyl (C=O) groups excluding carboxylic acids is 1. The average molecular weight is 311 g/mol. The molecule has 0 bridgehead atoms. The molecular formula is C16H13N3O2S. The lowest BCUT2D eigenvalue weighted by Crippen LogP contribution is -2.22. The van der Waals surface area contributed by atoms with Crippen LogP contribution in [0.15, 0.2) is 58.7 Å². The summed E-state index contributed by atoms with van der Waals surface area (Å²) >= 11 is 1.58. The minimum atomic E-state index is -0.158. The van der Waals surface area contributed by atoms with Crippen LogP contribution in [-0.2, 0) is 11.3 Å². The summed E-state index contributed by atoms with van der Waals surface area (Å²) in [6, 6.07) is 14.5. The summed E-state index contributed by atoms with van der Waals surface area (Å²) in [5, 5.41) is 8.98. The summed E-state index contributed by atoms with van der Waals surface area (Å²) in [7, 11) is 0. The van der Waals surface area contributed by atoms with Crippen LogP contribution in [0.3, 0.4) is 0 Å². The van der Waals surface area contributed by atoms with E-state index < -0.39 is 0 Å². The third-order valence-electron chi connectivity index (χ3n) is 3.13. The van der Waals surface area contributed by atoms with Gasteiger partial charge in [-0.05, 0) is 35.2 Å². The number of hydrogen-bond acceptors (Lipinski definition) is 4. The summed E-state index contributed by atoms with van der Waals surface area (Å²) < 4.78 is 1.43. The van der Waals surface area contributed by atoms with Crippen molar-refractivity contribution in [1.82, 2.24) is 9.78 Å². The van der Waals surface area contributed by atoms with Gasteiger partial charge in [0.2, 0.25) is 6.41 Å². The van der Waals surface area contributed by atoms with Gasteiger partial charge < -0.3 is 5.32 Å². The van der Waals surface area contributed by atoms with Crippen LogP contribution in [0.1, 0.15) is 5.56 Å². The van der Waals surface area contributed by atoms with Crippen molar-refractivity contribution in [1.29, 1.82) is 0 Å². The van der Waals surface area contributed by atoms with E-state index in [9.17, 15) is 9.59 Å². The lowest BCUT2D eigenvalue weighted by atomic mass is 10.2. The predicted octanol–water partition coefficient (Wildman–Crippen LogP) is 2.59. The fourth-order valence-corrected chi connectivity index (χ4v) is 2.81. The number of aromatic nitrogens is 2. The molecule has 2 heterocycles. The molecule has 1 amide bonds. The van der Waals surface area contributed by atoms with E-state index in [4.69, 9.17) is 0 Å². The first-order valence-corrected chi connectivity index (χ1v) is 7.55. The van der Waals surface area contributed by atoms with Crippen molar-refractivity contribution in [3.63, 3.8) is 0 Å². The maximum Gasteiger partial charge on any atom is 0.267 e. The average Bonchev–Trinajstić information content (AvgIpc) is 3.05. The maximum atomic E-state index is 12.0. The van der Waals surface area contributed by atoms with Gasteiger partial charge in [0.05, 0.1) is 11.4 Å². The molecule has 0 fully saturated rings. The SMILES string of the molecule is O=CNc1cccc(Cn2nc(-c3cccs3)ccc2=O)c1. The first-order chi connectivity index (χ1) is 10.8. The Morgan fingerprint density at radius 2 is 2.09 bits per heavy atom. The highest BCUT2D eigenvalue weighted by atomic mass is 32.1. The highest BCUT2D eigenvalue weighted by Crippen LogP contribution is 2.21. The number of rotatable bonds is 5. The first kappa shape index (κ1) is 14.2. The van der Waals surface area contributed by atoms with Crippen LogP contribution in [0.25, 0.3) is 10.6 Å². The third-order valence-corrected chi connectivity index (χ3v) is 4.02. The number of nitrogens with one attached hydrogen (secondary N) is 1. The van der Waals surface area contributed by atoms with Crippen molar-refractivity contribution in [2.75, 3.05) is 5.32 Å². The highest BCUT2D eigenvalue weighted by Gasteiger charge is 2.05. The molecule has 1 aromatic carbocycles. The van der Waals surface area contributed by atoms with E-state index in [0.29, 0.717) is 18.6 Å². The van der Waals surface area contributed by atoms with Crippen LogP contribution in [0.4, 0.5) is 5.69 Å². The van der Waals surface area contributed by atoms with Crippen molar-refractivity contribution in [3.05, 3.63) is 69.8 Å². The van der Waals surface area contributed by atoms with Crippen LogP contribution >= 0.6 is 11.3 Å². The topological polar surface area (TPSA) is 64.0 Å². The van der Waals surface area contributed by atoms with Crippen molar-refractivity contribution >= 4 is 23.4 Å². The van der Waals surface area contributed by atoms with Gasteiger partial charge in [-0.2, -0.15) is 5.10 Å². The molecule has 0 aliphatic rings. The van der Waals surface area contributed by atoms with Crippen LogP contribution in [0.2, 0.25) is 0 Å². The van der Waals surface area contributed by atoms with Crippen molar-refractivity contribution < 1.29 is 4.79 Å². The Morgan fingerprint density at radius 3 is 2.86 bits per heavy atom. The van der Waals surface area contributed by atoms with Crippen LogP contribution in [0, 0.1) is 0 Å². The van der Waals surface area contributed by atoms with Crippen molar-refractivity contribution in [2.45, 2.75) is 6.54 Å². The molecule has 110 valence electrons. The molecule has 3 rings (SSSR count). The second kappa shape index (κ2) is 6.36. The highest BCUT2D eigenvalue weighted by molar-refractivity contribution is 7.13. The summed E-state index contributed by atoms with van der Waals surface area (Å²) in [5.41, 5.74) is 2.20. The standard InChI is InChI=1S/C16H13N3O2S/c20-11-17-13-4-1-3-12(9-13)10-19-16(21)7-6-14(18-19)15-5-2-8-22-15/h1-9,11H,10H2,(H,17,20). The maximum absolute atomic E-state index is 12.0. The molecule has 22 heavy (non-hydrogen) atoms. The minimum absolute atomic E-state index is 0.158. The van der Waals surface area contributed by atoms with E-state index in [-0.39, 0.29) is 5.56 Å². The van der Waals surface area contributed by atoms with E-state index in [2.05, 4.69) is 10.4 Å².